The summed E-state index contributed by atoms with van der Waals surface area (Å²) < 4.78 is 35.0. The fourth-order valence-corrected chi connectivity index (χ4v) is 5.16. The third kappa shape index (κ3) is 3.63. The molecule has 27 heavy (non-hydrogen) atoms. The number of rotatable bonds is 5. The first-order valence-corrected chi connectivity index (χ1v) is 10.5. The molecule has 0 spiro atoms. The summed E-state index contributed by atoms with van der Waals surface area (Å²) in [4.78, 5) is 34.1. The fraction of sp³-hybridized carbons (Fsp3) is 0.867. The number of nitrogens with zero attached hydrogens (tertiary/aromatic N) is 3. The monoisotopic (exact) mass is 404 g/mol. The van der Waals surface area contributed by atoms with E-state index in [1.807, 2.05) is 0 Å². The SMILES string of the molecule is CN1C2CCC1CC(ONC(=O)C1CCC3CN1C(=O)N3OS(=O)(=O)O)C2. The topological polar surface area (TPSA) is 129 Å². The fourth-order valence-electron chi connectivity index (χ4n) is 4.77. The van der Waals surface area contributed by atoms with Crippen LogP contribution in [0, 0.1) is 0 Å². The zero-order valence-electron chi connectivity index (χ0n) is 15.0. The molecule has 4 aliphatic rings. The minimum absolute atomic E-state index is 0.0485. The maximum absolute atomic E-state index is 12.5. The van der Waals surface area contributed by atoms with Gasteiger partial charge in [0.25, 0.3) is 5.91 Å². The molecule has 12 heteroatoms. The van der Waals surface area contributed by atoms with Crippen LogP contribution in [0.4, 0.5) is 4.79 Å². The van der Waals surface area contributed by atoms with E-state index < -0.39 is 34.4 Å². The van der Waals surface area contributed by atoms with Gasteiger partial charge in [0.2, 0.25) is 0 Å². The van der Waals surface area contributed by atoms with E-state index >= 15 is 0 Å². The molecule has 4 heterocycles. The molecule has 0 aromatic heterocycles. The lowest BCUT2D eigenvalue weighted by atomic mass is 10.0. The number of hydrogen-bond acceptors (Lipinski definition) is 7. The summed E-state index contributed by atoms with van der Waals surface area (Å²) >= 11 is 0. The minimum atomic E-state index is -4.80. The second-order valence-electron chi connectivity index (χ2n) is 7.74. The van der Waals surface area contributed by atoms with Crippen LogP contribution in [0.2, 0.25) is 0 Å². The Bertz CT molecular complexity index is 718. The number of hydrogen-bond donors (Lipinski definition) is 2. The van der Waals surface area contributed by atoms with Crippen LogP contribution in [0.5, 0.6) is 0 Å². The van der Waals surface area contributed by atoms with Crippen LogP contribution in [0.25, 0.3) is 0 Å². The highest BCUT2D eigenvalue weighted by Crippen LogP contribution is 2.35. The van der Waals surface area contributed by atoms with Crippen LogP contribution in [0.3, 0.4) is 0 Å². The van der Waals surface area contributed by atoms with Crippen LogP contribution < -0.4 is 5.48 Å². The normalized spacial score (nSPS) is 36.4. The largest absolute Gasteiger partial charge is 0.418 e. The van der Waals surface area contributed by atoms with Crippen molar-refractivity contribution in [3.63, 3.8) is 0 Å². The number of piperidine rings is 2. The second-order valence-corrected chi connectivity index (χ2v) is 8.74. The smallest absolute Gasteiger partial charge is 0.309 e. The lowest BCUT2D eigenvalue weighted by molar-refractivity contribution is -0.147. The molecule has 0 aromatic rings. The number of amides is 3. The van der Waals surface area contributed by atoms with E-state index in [1.165, 1.54) is 4.90 Å². The molecule has 3 amide bonds. The number of urea groups is 1. The molecular formula is C15H24N4O7S. The molecule has 152 valence electrons. The van der Waals surface area contributed by atoms with Gasteiger partial charge >= 0.3 is 16.4 Å². The Morgan fingerprint density at radius 3 is 2.41 bits per heavy atom. The van der Waals surface area contributed by atoms with Gasteiger partial charge in [0, 0.05) is 18.6 Å². The van der Waals surface area contributed by atoms with Crippen molar-refractivity contribution in [2.45, 2.75) is 68.8 Å². The van der Waals surface area contributed by atoms with Crippen molar-refractivity contribution in [3.05, 3.63) is 0 Å². The average Bonchev–Trinajstić information content (AvgIpc) is 2.95. The van der Waals surface area contributed by atoms with Crippen molar-refractivity contribution in [2.24, 2.45) is 0 Å². The van der Waals surface area contributed by atoms with Crippen LogP contribution in [-0.4, -0.2) is 83.6 Å². The van der Waals surface area contributed by atoms with Gasteiger partial charge in [0.1, 0.15) is 6.04 Å². The number of fused-ring (bicyclic) bond motifs is 4. The van der Waals surface area contributed by atoms with Gasteiger partial charge in [0.05, 0.1) is 12.1 Å². The van der Waals surface area contributed by atoms with Crippen molar-refractivity contribution in [1.82, 2.24) is 20.3 Å². The first-order valence-electron chi connectivity index (χ1n) is 9.17. The van der Waals surface area contributed by atoms with E-state index in [2.05, 4.69) is 21.7 Å². The molecule has 4 bridgehead atoms. The van der Waals surface area contributed by atoms with Crippen molar-refractivity contribution in [3.8, 4) is 0 Å². The summed E-state index contributed by atoms with van der Waals surface area (Å²) in [7, 11) is -2.68. The van der Waals surface area contributed by atoms with E-state index in [1.54, 1.807) is 0 Å². The number of carbonyl (C=O) groups is 2. The lowest BCUT2D eigenvalue weighted by Crippen LogP contribution is -2.51. The summed E-state index contributed by atoms with van der Waals surface area (Å²) in [5.41, 5.74) is 2.49. The van der Waals surface area contributed by atoms with Gasteiger partial charge in [0.15, 0.2) is 0 Å². The zero-order valence-corrected chi connectivity index (χ0v) is 15.8. The van der Waals surface area contributed by atoms with Gasteiger partial charge in [-0.3, -0.25) is 14.2 Å². The number of carbonyl (C=O) groups excluding carboxylic acids is 2. The number of nitrogens with one attached hydrogen (secondary N) is 1. The van der Waals surface area contributed by atoms with Crippen LogP contribution in [-0.2, 0) is 24.3 Å². The zero-order chi connectivity index (χ0) is 19.3. The van der Waals surface area contributed by atoms with Gasteiger partial charge in [-0.05, 0) is 45.6 Å². The molecule has 2 N–H and O–H groups in total. The van der Waals surface area contributed by atoms with Crippen molar-refractivity contribution in [2.75, 3.05) is 13.6 Å². The molecule has 0 aromatic carbocycles. The van der Waals surface area contributed by atoms with E-state index in [4.69, 9.17) is 9.39 Å². The molecule has 4 saturated heterocycles. The summed E-state index contributed by atoms with van der Waals surface area (Å²) in [6.45, 7) is 0.158. The summed E-state index contributed by atoms with van der Waals surface area (Å²) in [5.74, 6) is -0.429. The van der Waals surface area contributed by atoms with E-state index in [9.17, 15) is 18.0 Å². The first kappa shape index (κ1) is 18.9. The highest BCUT2D eigenvalue weighted by atomic mass is 32.3. The molecule has 4 atom stereocenters. The minimum Gasteiger partial charge on any atom is -0.309 e. The molecule has 11 nitrogen and oxygen atoms in total. The molecule has 4 aliphatic heterocycles. The van der Waals surface area contributed by atoms with E-state index in [0.717, 1.165) is 25.7 Å². The molecule has 4 rings (SSSR count). The van der Waals surface area contributed by atoms with Crippen molar-refractivity contribution < 1.29 is 31.7 Å². The van der Waals surface area contributed by atoms with Gasteiger partial charge in [-0.2, -0.15) is 13.5 Å². The quantitative estimate of drug-likeness (QED) is 0.470. The third-order valence-electron chi connectivity index (χ3n) is 6.18. The predicted molar refractivity (Wildman–Crippen MR) is 90.2 cm³/mol. The maximum Gasteiger partial charge on any atom is 0.418 e. The standard InChI is InChI=1S/C15H24N4O7S/c1-17-9-2-3-10(17)7-12(6-9)25-16-14(20)13-5-4-11-8-18(13)15(21)19(11)26-27(22,23)24/h9-13H,2-8H2,1H3,(H,16,20)(H,22,23,24). The summed E-state index contributed by atoms with van der Waals surface area (Å²) in [5, 5.41) is 0.623. The van der Waals surface area contributed by atoms with Gasteiger partial charge in [-0.15, -0.1) is 4.28 Å². The van der Waals surface area contributed by atoms with Crippen LogP contribution in [0.15, 0.2) is 0 Å². The summed E-state index contributed by atoms with van der Waals surface area (Å²) in [6.07, 6.45) is 4.70. The number of hydroxylamine groups is 3. The molecule has 0 aliphatic carbocycles. The average molecular weight is 404 g/mol. The Balaban J connectivity index is 1.33. The molecule has 0 radical (unpaired) electrons. The van der Waals surface area contributed by atoms with E-state index in [-0.39, 0.29) is 12.6 Å². The Morgan fingerprint density at radius 1 is 1.15 bits per heavy atom. The molecule has 4 fully saturated rings. The lowest BCUT2D eigenvalue weighted by Gasteiger charge is -2.36. The van der Waals surface area contributed by atoms with Gasteiger partial charge < -0.3 is 9.80 Å². The Labute approximate surface area is 157 Å². The van der Waals surface area contributed by atoms with Crippen molar-refractivity contribution in [1.29, 1.82) is 0 Å². The highest BCUT2D eigenvalue weighted by Gasteiger charge is 2.49. The van der Waals surface area contributed by atoms with Crippen LogP contribution >= 0.6 is 0 Å². The second kappa shape index (κ2) is 6.85. The maximum atomic E-state index is 12.5. The van der Waals surface area contributed by atoms with Crippen molar-refractivity contribution >= 4 is 22.3 Å². The Morgan fingerprint density at radius 2 is 1.78 bits per heavy atom. The van der Waals surface area contributed by atoms with Gasteiger partial charge in [-0.1, -0.05) is 0 Å². The third-order valence-corrected chi connectivity index (χ3v) is 6.53. The molecular weight excluding hydrogens is 380 g/mol. The Hall–Kier alpha value is -1.47. The predicted octanol–water partition coefficient (Wildman–Crippen LogP) is -0.338. The molecule has 0 saturated carbocycles. The van der Waals surface area contributed by atoms with Crippen LogP contribution in [0.1, 0.15) is 38.5 Å². The van der Waals surface area contributed by atoms with E-state index in [0.29, 0.717) is 30.0 Å². The van der Waals surface area contributed by atoms with Gasteiger partial charge in [-0.25, -0.2) is 10.3 Å². The Kier molecular flexibility index (Phi) is 4.79. The first-order chi connectivity index (χ1) is 12.7. The highest BCUT2D eigenvalue weighted by molar-refractivity contribution is 7.80. The summed E-state index contributed by atoms with van der Waals surface area (Å²) in [6, 6.07) is -1.08. The molecule has 4 unspecified atom stereocenters.